The Morgan fingerprint density at radius 3 is 2.97 bits per heavy atom. The maximum absolute atomic E-state index is 14.3. The molecule has 4 aromatic heterocycles. The van der Waals surface area contributed by atoms with Crippen LogP contribution in [-0.4, -0.2) is 47.0 Å². The van der Waals surface area contributed by atoms with Crippen molar-refractivity contribution in [3.8, 4) is 0 Å². The molecule has 0 aliphatic carbocycles. The van der Waals surface area contributed by atoms with Gasteiger partial charge in [-0.3, -0.25) is 4.79 Å². The van der Waals surface area contributed by atoms with Gasteiger partial charge < -0.3 is 19.4 Å². The van der Waals surface area contributed by atoms with Gasteiger partial charge in [-0.2, -0.15) is 10.1 Å². The van der Waals surface area contributed by atoms with Gasteiger partial charge in [0.05, 0.1) is 17.7 Å². The van der Waals surface area contributed by atoms with Gasteiger partial charge in [0.15, 0.2) is 5.15 Å². The van der Waals surface area contributed by atoms with E-state index in [1.54, 1.807) is 24.7 Å². The highest BCUT2D eigenvalue weighted by molar-refractivity contribution is 6.32. The number of aliphatic hydroxyl groups is 1. The molecular weight excluding hydrogens is 427 g/mol. The van der Waals surface area contributed by atoms with Crippen LogP contribution in [0.1, 0.15) is 53.4 Å². The third kappa shape index (κ3) is 3.19. The third-order valence-electron chi connectivity index (χ3n) is 5.24. The summed E-state index contributed by atoms with van der Waals surface area (Å²) in [5.74, 6) is -1.20. The van der Waals surface area contributed by atoms with E-state index in [-0.39, 0.29) is 22.3 Å². The molecule has 5 heterocycles. The Bertz CT molecular complexity index is 1300. The maximum atomic E-state index is 14.3. The second-order valence-corrected chi connectivity index (χ2v) is 8.23. The molecule has 11 heteroatoms. The number of nitrogens with one attached hydrogen (secondary N) is 1. The number of oxazole rings is 1. The largest absolute Gasteiger partial charge is 0.431 e. The molecule has 0 radical (unpaired) electrons. The number of amides is 1. The Morgan fingerprint density at radius 1 is 1.45 bits per heavy atom. The van der Waals surface area contributed by atoms with Gasteiger partial charge in [0, 0.05) is 24.9 Å². The van der Waals surface area contributed by atoms with Gasteiger partial charge in [0.25, 0.3) is 5.91 Å². The molecule has 5 rings (SSSR count). The lowest BCUT2D eigenvalue weighted by Gasteiger charge is -2.33. The zero-order chi connectivity index (χ0) is 21.9. The van der Waals surface area contributed by atoms with Crippen LogP contribution in [0.2, 0.25) is 5.15 Å². The predicted octanol–water partition coefficient (Wildman–Crippen LogP) is 2.85. The fourth-order valence-corrected chi connectivity index (χ4v) is 3.95. The van der Waals surface area contributed by atoms with E-state index in [9.17, 15) is 14.3 Å². The number of aromatic amines is 1. The molecule has 1 atom stereocenters. The second-order valence-electron chi connectivity index (χ2n) is 7.87. The summed E-state index contributed by atoms with van der Waals surface area (Å²) >= 11 is 6.17. The number of halogens is 2. The van der Waals surface area contributed by atoms with Crippen LogP contribution in [0.25, 0.3) is 5.52 Å². The van der Waals surface area contributed by atoms with E-state index >= 15 is 0 Å². The van der Waals surface area contributed by atoms with Crippen LogP contribution in [0.15, 0.2) is 35.1 Å². The molecule has 31 heavy (non-hydrogen) atoms. The molecule has 1 aliphatic heterocycles. The number of aromatic nitrogens is 5. The van der Waals surface area contributed by atoms with Crippen molar-refractivity contribution in [1.82, 2.24) is 29.5 Å². The Balaban J connectivity index is 1.61. The van der Waals surface area contributed by atoms with Crippen LogP contribution in [0, 0.1) is 5.82 Å². The quantitative estimate of drug-likeness (QED) is 0.502. The summed E-state index contributed by atoms with van der Waals surface area (Å²) in [6.45, 7) is 3.28. The number of pyridine rings is 1. The molecule has 4 aromatic rings. The van der Waals surface area contributed by atoms with Gasteiger partial charge in [0.1, 0.15) is 23.0 Å². The summed E-state index contributed by atoms with van der Waals surface area (Å²) in [6.07, 6.45) is 3.71. The molecule has 0 aromatic carbocycles. The first kappa shape index (κ1) is 19.7. The lowest BCUT2D eigenvalue weighted by atomic mass is 9.99. The summed E-state index contributed by atoms with van der Waals surface area (Å²) in [4.78, 5) is 26.4. The molecule has 9 nitrogen and oxygen atoms in total. The molecule has 0 spiro atoms. The number of rotatable bonds is 3. The SMILES string of the molecule is CC(C)(O)c1nc(Cl)c(C(=O)N2CCc3[nH]cnc3[C@H]2c2cc3c(F)cccn3n2)o1. The van der Waals surface area contributed by atoms with Crippen molar-refractivity contribution >= 4 is 23.0 Å². The number of nitrogens with zero attached hydrogens (tertiary/aromatic N) is 5. The highest BCUT2D eigenvalue weighted by atomic mass is 35.5. The van der Waals surface area contributed by atoms with Crippen molar-refractivity contribution in [3.63, 3.8) is 0 Å². The van der Waals surface area contributed by atoms with Gasteiger partial charge in [-0.1, -0.05) is 11.6 Å². The van der Waals surface area contributed by atoms with Gasteiger partial charge in [-0.25, -0.2) is 13.9 Å². The average Bonchev–Trinajstić information content (AvgIpc) is 3.44. The summed E-state index contributed by atoms with van der Waals surface area (Å²) in [5.41, 5.74) is 0.812. The number of carbonyl (C=O) groups is 1. The van der Waals surface area contributed by atoms with Gasteiger partial charge >= 0.3 is 0 Å². The normalized spacial score (nSPS) is 16.7. The predicted molar refractivity (Wildman–Crippen MR) is 107 cm³/mol. The van der Waals surface area contributed by atoms with Crippen LogP contribution in [0.3, 0.4) is 0 Å². The first-order chi connectivity index (χ1) is 14.7. The van der Waals surface area contributed by atoms with E-state index in [0.717, 1.165) is 5.69 Å². The molecule has 0 bridgehead atoms. The standard InChI is InChI=1S/C20H18ClFN6O3/c1-20(2,30)19-25-17(21)16(31-19)18(29)27-7-5-11-14(24-9-23-11)15(27)12-8-13-10(22)4-3-6-28(13)26-12/h3-4,6,8-9,15,30H,5,7H2,1-2H3,(H,23,24)/t15-/m1/s1. The van der Waals surface area contributed by atoms with Crippen LogP contribution >= 0.6 is 11.6 Å². The number of H-pyrrole nitrogens is 1. The van der Waals surface area contributed by atoms with E-state index in [0.29, 0.717) is 24.4 Å². The fourth-order valence-electron chi connectivity index (χ4n) is 3.75. The highest BCUT2D eigenvalue weighted by Gasteiger charge is 2.39. The molecule has 0 unspecified atom stereocenters. The number of carbonyl (C=O) groups excluding carboxylic acids is 1. The van der Waals surface area contributed by atoms with Crippen LogP contribution in [-0.2, 0) is 12.0 Å². The van der Waals surface area contributed by atoms with Crippen LogP contribution in [0.4, 0.5) is 4.39 Å². The average molecular weight is 445 g/mol. The van der Waals surface area contributed by atoms with Crippen LogP contribution < -0.4 is 0 Å². The highest BCUT2D eigenvalue weighted by Crippen LogP contribution is 2.36. The van der Waals surface area contributed by atoms with E-state index in [1.807, 2.05) is 0 Å². The monoisotopic (exact) mass is 444 g/mol. The molecule has 0 fully saturated rings. The zero-order valence-corrected chi connectivity index (χ0v) is 17.4. The molecule has 1 amide bonds. The Morgan fingerprint density at radius 2 is 2.26 bits per heavy atom. The van der Waals surface area contributed by atoms with Gasteiger partial charge in [0.2, 0.25) is 11.7 Å². The zero-order valence-electron chi connectivity index (χ0n) is 16.6. The van der Waals surface area contributed by atoms with Crippen molar-refractivity contribution in [2.45, 2.75) is 31.9 Å². The van der Waals surface area contributed by atoms with Crippen molar-refractivity contribution in [3.05, 3.63) is 70.4 Å². The molecule has 0 saturated heterocycles. The minimum absolute atomic E-state index is 0.0651. The Kier molecular flexibility index (Phi) is 4.38. The molecule has 2 N–H and O–H groups in total. The fraction of sp³-hybridized carbons (Fsp3) is 0.300. The lowest BCUT2D eigenvalue weighted by molar-refractivity contribution is 0.0440. The molecule has 160 valence electrons. The Labute approximate surface area is 180 Å². The van der Waals surface area contributed by atoms with E-state index in [1.165, 1.54) is 29.3 Å². The van der Waals surface area contributed by atoms with Crippen molar-refractivity contribution in [1.29, 1.82) is 0 Å². The number of imidazole rings is 1. The molecule has 1 aliphatic rings. The van der Waals surface area contributed by atoms with Crippen LogP contribution in [0.5, 0.6) is 0 Å². The third-order valence-corrected chi connectivity index (χ3v) is 5.49. The van der Waals surface area contributed by atoms with Gasteiger partial charge in [-0.15, -0.1) is 0 Å². The summed E-state index contributed by atoms with van der Waals surface area (Å²) in [5, 5.41) is 14.5. The minimum atomic E-state index is -1.40. The van der Waals surface area contributed by atoms with E-state index in [4.69, 9.17) is 16.0 Å². The van der Waals surface area contributed by atoms with E-state index < -0.39 is 23.4 Å². The number of hydrogen-bond acceptors (Lipinski definition) is 6. The first-order valence-electron chi connectivity index (χ1n) is 9.60. The second kappa shape index (κ2) is 6.89. The van der Waals surface area contributed by atoms with Gasteiger partial charge in [-0.05, 0) is 32.0 Å². The van der Waals surface area contributed by atoms with E-state index in [2.05, 4.69) is 20.1 Å². The summed E-state index contributed by atoms with van der Waals surface area (Å²) < 4.78 is 21.2. The number of hydrogen-bond donors (Lipinski definition) is 2. The first-order valence-corrected chi connectivity index (χ1v) is 9.98. The minimum Gasteiger partial charge on any atom is -0.431 e. The number of fused-ring (bicyclic) bond motifs is 2. The summed E-state index contributed by atoms with van der Waals surface area (Å²) in [7, 11) is 0. The smallest absolute Gasteiger partial charge is 0.293 e. The lowest BCUT2D eigenvalue weighted by Crippen LogP contribution is -2.41. The topological polar surface area (TPSA) is 113 Å². The Hall–Kier alpha value is -3.24. The summed E-state index contributed by atoms with van der Waals surface area (Å²) in [6, 6.07) is 3.80. The maximum Gasteiger partial charge on any atom is 0.293 e. The van der Waals surface area contributed by atoms with Crippen molar-refractivity contribution in [2.75, 3.05) is 6.54 Å². The molecular formula is C20H18ClFN6O3. The molecule has 0 saturated carbocycles. The van der Waals surface area contributed by atoms with Crippen molar-refractivity contribution < 1.29 is 18.7 Å². The van der Waals surface area contributed by atoms with Crippen molar-refractivity contribution in [2.24, 2.45) is 0 Å².